The second-order valence-corrected chi connectivity index (χ2v) is 27.5. The van der Waals surface area contributed by atoms with E-state index in [1.807, 2.05) is 44.2 Å². The monoisotopic (exact) mass is 1240 g/mol. The van der Waals surface area contributed by atoms with Gasteiger partial charge in [-0.1, -0.05) is 166 Å². The minimum Gasteiger partial charge on any atom is -0.382 e. The van der Waals surface area contributed by atoms with Crippen molar-refractivity contribution >= 4 is 67.7 Å². The summed E-state index contributed by atoms with van der Waals surface area (Å²) < 4.78 is 4.53. The summed E-state index contributed by atoms with van der Waals surface area (Å²) in [4.78, 5) is 32.9. The summed E-state index contributed by atoms with van der Waals surface area (Å²) in [6, 6.07) is 67.0. The quantitative estimate of drug-likeness (QED) is 0.152. The first-order valence-corrected chi connectivity index (χ1v) is 34.4. The van der Waals surface area contributed by atoms with Crippen molar-refractivity contribution in [2.75, 3.05) is 28.2 Å². The van der Waals surface area contributed by atoms with E-state index in [0.717, 1.165) is 36.3 Å². The molecule has 5 aliphatic rings. The highest BCUT2D eigenvalue weighted by Crippen LogP contribution is 2.34. The van der Waals surface area contributed by atoms with Crippen LogP contribution in [0.2, 0.25) is 0 Å². The standard InChI is InChI=1S/C13H13NO2S.2C12H17N.C11H15N.C11H13N.C11H15N.C11H13N/c1-9(2)14-12(15)11(17-13(14)16)8-10-6-4-3-5-7-10;1-10(2)13-9-5-7-11-6-3-4-8-12(11)13;1-9(2)11-8-7-10-5-3-4-6-12(10)13-11;2*1-9(2)12-7-10-5-3-4-6-11(10)8-12;2*1-9(2)12-8-7-10-5-3-4-6-11(10)12/h3-9H,1-2H3;3-4,6,8,10H,5,7,9H2,1-2H3;3-6,9,11,13H,7-8H2,1-2H3;3-6,9H,7-8H2,1-2H3;3-9H,1-2H3;3-6,9H,7-8H2,1-2H3;3-9H,1-2H3/b11-8+;;;;;;. The molecule has 0 radical (unpaired) electrons. The maximum Gasteiger partial charge on any atom is 0.293 e. The number of imide groups is 1. The second kappa shape index (κ2) is 33.5. The van der Waals surface area contributed by atoms with Crippen LogP contribution in [0.25, 0.3) is 27.8 Å². The van der Waals surface area contributed by atoms with Crippen molar-refractivity contribution in [3.63, 3.8) is 0 Å². The molecule has 5 aliphatic heterocycles. The van der Waals surface area contributed by atoms with Crippen molar-refractivity contribution in [1.82, 2.24) is 18.9 Å². The molecule has 1 N–H and O–H groups in total. The van der Waals surface area contributed by atoms with Crippen LogP contribution in [0.5, 0.6) is 0 Å². The van der Waals surface area contributed by atoms with E-state index >= 15 is 0 Å². The Kier molecular flexibility index (Phi) is 25.4. The topological polar surface area (TPSA) is 69.0 Å². The number of rotatable bonds is 8. The van der Waals surface area contributed by atoms with Crippen LogP contribution in [0.1, 0.15) is 155 Å². The van der Waals surface area contributed by atoms with Crippen LogP contribution >= 0.6 is 11.8 Å². The Morgan fingerprint density at radius 1 is 0.462 bits per heavy atom. The Bertz CT molecular complexity index is 3690. The molecule has 91 heavy (non-hydrogen) atoms. The fourth-order valence-corrected chi connectivity index (χ4v) is 13.2. The second-order valence-electron chi connectivity index (χ2n) is 26.5. The lowest BCUT2D eigenvalue weighted by Crippen LogP contribution is -2.35. The average molecular weight is 1240 g/mol. The van der Waals surface area contributed by atoms with Crippen LogP contribution in [0, 0.1) is 5.92 Å². The number of para-hydroxylation sites is 4. The lowest BCUT2D eigenvalue weighted by Gasteiger charge is -2.34. The summed E-state index contributed by atoms with van der Waals surface area (Å²) in [6.07, 6.45) is 14.6. The average Bonchev–Trinajstić information content (AvgIpc) is 3.15. The van der Waals surface area contributed by atoms with Gasteiger partial charge in [-0.25, -0.2) is 0 Å². The van der Waals surface area contributed by atoms with Crippen molar-refractivity contribution in [3.8, 4) is 0 Å². The van der Waals surface area contributed by atoms with Gasteiger partial charge in [0.15, 0.2) is 0 Å². The maximum atomic E-state index is 12.0. The van der Waals surface area contributed by atoms with E-state index in [9.17, 15) is 9.59 Å². The van der Waals surface area contributed by atoms with Crippen LogP contribution in [-0.4, -0.2) is 73.4 Å². The van der Waals surface area contributed by atoms with E-state index in [1.54, 1.807) is 6.08 Å². The molecule has 10 heteroatoms. The van der Waals surface area contributed by atoms with Gasteiger partial charge in [0, 0.05) is 110 Å². The first-order chi connectivity index (χ1) is 43.8. The molecular formula is C81H103N7O2S. The van der Waals surface area contributed by atoms with Crippen LogP contribution < -0.4 is 15.1 Å². The van der Waals surface area contributed by atoms with Gasteiger partial charge in [-0.3, -0.25) is 19.4 Å². The van der Waals surface area contributed by atoms with Gasteiger partial charge >= 0.3 is 0 Å². The summed E-state index contributed by atoms with van der Waals surface area (Å²) in [5.41, 5.74) is 14.0. The van der Waals surface area contributed by atoms with Gasteiger partial charge in [-0.05, 0) is 219 Å². The highest BCUT2D eigenvalue weighted by atomic mass is 32.2. The van der Waals surface area contributed by atoms with Gasteiger partial charge in [0.05, 0.1) is 4.91 Å². The summed E-state index contributed by atoms with van der Waals surface area (Å²) in [6.45, 7) is 35.2. The van der Waals surface area contributed by atoms with Crippen LogP contribution in [0.3, 0.4) is 0 Å². The largest absolute Gasteiger partial charge is 0.382 e. The summed E-state index contributed by atoms with van der Waals surface area (Å²) >= 11 is 1.00. The molecule has 1 saturated heterocycles. The molecular weight excluding hydrogens is 1140 g/mol. The zero-order valence-electron chi connectivity index (χ0n) is 57.0. The van der Waals surface area contributed by atoms with E-state index in [-0.39, 0.29) is 17.2 Å². The molecule has 2 amide bonds. The number of thioether (sulfide) groups is 1. The Hall–Kier alpha value is -7.79. The summed E-state index contributed by atoms with van der Waals surface area (Å²) in [5, 5.41) is 7.38. The van der Waals surface area contributed by atoms with E-state index in [0.29, 0.717) is 41.2 Å². The number of anilines is 3. The Labute approximate surface area is 550 Å². The molecule has 9 nitrogen and oxygen atoms in total. The highest BCUT2D eigenvalue weighted by Gasteiger charge is 2.36. The Balaban J connectivity index is 0.000000137. The molecule has 9 aromatic rings. The molecule has 14 rings (SSSR count). The Morgan fingerprint density at radius 3 is 1.51 bits per heavy atom. The predicted molar refractivity (Wildman–Crippen MR) is 392 cm³/mol. The van der Waals surface area contributed by atoms with E-state index in [1.165, 1.54) is 117 Å². The lowest BCUT2D eigenvalue weighted by molar-refractivity contribution is -0.123. The van der Waals surface area contributed by atoms with E-state index in [2.05, 4.69) is 282 Å². The summed E-state index contributed by atoms with van der Waals surface area (Å²) in [7, 11) is 0. The lowest BCUT2D eigenvalue weighted by atomic mass is 9.92. The highest BCUT2D eigenvalue weighted by molar-refractivity contribution is 8.18. The zero-order valence-corrected chi connectivity index (χ0v) is 57.8. The SMILES string of the molecule is CC(C)C1CCc2ccccc2N1.CC(C)N1C(=O)S/C(=C/c2ccccc2)C1=O.CC(C)N1CCCc2ccccc21.CC(C)N1CCc2ccccc21.CC(C)N1Cc2ccccc2C1.CC(C)n1cc2ccccc2c1.CC(C)n1ccc2ccccc21. The third kappa shape index (κ3) is 18.9. The van der Waals surface area contributed by atoms with Crippen molar-refractivity contribution in [1.29, 1.82) is 0 Å². The minimum absolute atomic E-state index is 0.0934. The van der Waals surface area contributed by atoms with Crippen molar-refractivity contribution in [2.24, 2.45) is 5.92 Å². The van der Waals surface area contributed by atoms with Gasteiger partial charge in [0.25, 0.3) is 11.1 Å². The number of benzene rings is 7. The van der Waals surface area contributed by atoms with Gasteiger partial charge in [-0.2, -0.15) is 0 Å². The predicted octanol–water partition coefficient (Wildman–Crippen LogP) is 20.4. The molecule has 1 unspecified atom stereocenters. The number of hydrogen-bond donors (Lipinski definition) is 1. The minimum atomic E-state index is -0.196. The number of carbonyl (C=O) groups excluding carboxylic acids is 2. The number of fused-ring (bicyclic) bond motifs is 6. The number of amides is 2. The van der Waals surface area contributed by atoms with Crippen LogP contribution in [0.4, 0.5) is 21.9 Å². The van der Waals surface area contributed by atoms with Gasteiger partial charge in [-0.15, -0.1) is 0 Å². The fraction of sp³-hybridized carbons (Fsp3) is 0.383. The number of nitrogens with zero attached hydrogens (tertiary/aromatic N) is 6. The molecule has 7 heterocycles. The number of aryl methyl sites for hydroxylation is 2. The van der Waals surface area contributed by atoms with E-state index in [4.69, 9.17) is 0 Å². The third-order valence-electron chi connectivity index (χ3n) is 17.6. The molecule has 0 spiro atoms. The number of carbonyl (C=O) groups is 2. The molecule has 0 saturated carbocycles. The van der Waals surface area contributed by atoms with Crippen LogP contribution in [0.15, 0.2) is 205 Å². The van der Waals surface area contributed by atoms with Gasteiger partial charge in [0.1, 0.15) is 0 Å². The molecule has 1 atom stereocenters. The summed E-state index contributed by atoms with van der Waals surface area (Å²) in [5.74, 6) is 0.534. The normalized spacial score (nSPS) is 16.0. The van der Waals surface area contributed by atoms with Gasteiger partial charge in [0.2, 0.25) is 0 Å². The number of hydrogen-bond acceptors (Lipinski definition) is 7. The van der Waals surface area contributed by atoms with E-state index < -0.39 is 0 Å². The zero-order chi connectivity index (χ0) is 65.1. The van der Waals surface area contributed by atoms with Crippen molar-refractivity contribution < 1.29 is 9.59 Å². The molecule has 7 aromatic carbocycles. The van der Waals surface area contributed by atoms with Crippen LogP contribution in [-0.2, 0) is 37.1 Å². The van der Waals surface area contributed by atoms with Crippen molar-refractivity contribution in [2.45, 2.75) is 184 Å². The first-order valence-electron chi connectivity index (χ1n) is 33.6. The Morgan fingerprint density at radius 2 is 0.967 bits per heavy atom. The van der Waals surface area contributed by atoms with Gasteiger partial charge < -0.3 is 24.3 Å². The molecule has 0 bridgehead atoms. The molecule has 1 fully saturated rings. The first kappa shape index (κ1) is 69.1. The maximum absolute atomic E-state index is 12.0. The fourth-order valence-electron chi connectivity index (χ4n) is 12.3. The number of nitrogens with one attached hydrogen (secondary N) is 1. The van der Waals surface area contributed by atoms with Crippen molar-refractivity contribution in [3.05, 3.63) is 239 Å². The molecule has 2 aromatic heterocycles. The third-order valence-corrected chi connectivity index (χ3v) is 18.5. The molecule has 480 valence electrons. The number of aromatic nitrogens is 2. The molecule has 0 aliphatic carbocycles. The smallest absolute Gasteiger partial charge is 0.293 e.